The van der Waals surface area contributed by atoms with Crippen LogP contribution in [0.5, 0.6) is 0 Å². The lowest BCUT2D eigenvalue weighted by Gasteiger charge is -2.34. The van der Waals surface area contributed by atoms with Crippen molar-refractivity contribution in [2.45, 2.75) is 38.8 Å². The summed E-state index contributed by atoms with van der Waals surface area (Å²) in [6.07, 6.45) is 3.01. The first-order valence-electron chi connectivity index (χ1n) is 6.08. The molecule has 0 aliphatic carbocycles. The highest BCUT2D eigenvalue weighted by molar-refractivity contribution is 4.79. The quantitative estimate of drug-likeness (QED) is 0.747. The van der Waals surface area contributed by atoms with Crippen molar-refractivity contribution in [2.75, 3.05) is 33.8 Å². The average molecular weight is 214 g/mol. The number of rotatable bonds is 5. The maximum absolute atomic E-state index is 5.24. The number of likely N-dealkylation sites (tertiary alicyclic amines) is 1. The van der Waals surface area contributed by atoms with Crippen LogP contribution in [0.2, 0.25) is 0 Å². The fourth-order valence-corrected chi connectivity index (χ4v) is 2.22. The average Bonchev–Trinajstić information content (AvgIpc) is 2.25. The predicted molar refractivity (Wildman–Crippen MR) is 64.2 cm³/mol. The van der Waals surface area contributed by atoms with Crippen LogP contribution in [0.1, 0.15) is 26.7 Å². The van der Waals surface area contributed by atoms with Gasteiger partial charge in [-0.05, 0) is 46.2 Å². The zero-order valence-electron chi connectivity index (χ0n) is 10.6. The van der Waals surface area contributed by atoms with Crippen LogP contribution < -0.4 is 5.32 Å². The molecule has 1 saturated heterocycles. The van der Waals surface area contributed by atoms with E-state index in [-0.39, 0.29) is 0 Å². The molecular weight excluding hydrogens is 188 g/mol. The zero-order valence-corrected chi connectivity index (χ0v) is 10.6. The number of ether oxygens (including phenoxy) is 1. The third-order valence-electron chi connectivity index (χ3n) is 3.50. The van der Waals surface area contributed by atoms with Crippen LogP contribution in [0.4, 0.5) is 0 Å². The number of hydrogen-bond acceptors (Lipinski definition) is 3. The summed E-state index contributed by atoms with van der Waals surface area (Å²) in [7, 11) is 3.99. The van der Waals surface area contributed by atoms with E-state index in [2.05, 4.69) is 31.1 Å². The second kappa shape index (κ2) is 6.46. The van der Waals surface area contributed by atoms with Crippen molar-refractivity contribution in [2.24, 2.45) is 5.92 Å². The molecule has 1 rings (SSSR count). The molecule has 0 aromatic carbocycles. The summed E-state index contributed by atoms with van der Waals surface area (Å²) in [5.74, 6) is 0.799. The second-order valence-corrected chi connectivity index (χ2v) is 4.91. The van der Waals surface area contributed by atoms with Crippen molar-refractivity contribution in [3.63, 3.8) is 0 Å². The van der Waals surface area contributed by atoms with Gasteiger partial charge in [0.1, 0.15) is 0 Å². The van der Waals surface area contributed by atoms with Crippen LogP contribution in [-0.4, -0.2) is 50.8 Å². The monoisotopic (exact) mass is 214 g/mol. The van der Waals surface area contributed by atoms with Crippen molar-refractivity contribution in [1.29, 1.82) is 0 Å². The summed E-state index contributed by atoms with van der Waals surface area (Å²) < 4.78 is 5.24. The van der Waals surface area contributed by atoms with Gasteiger partial charge < -0.3 is 15.0 Å². The van der Waals surface area contributed by atoms with E-state index in [1.807, 2.05) is 0 Å². The smallest absolute Gasteiger partial charge is 0.0667 e. The van der Waals surface area contributed by atoms with Gasteiger partial charge in [-0.3, -0.25) is 0 Å². The first-order valence-corrected chi connectivity index (χ1v) is 6.08. The molecule has 3 atom stereocenters. The highest BCUT2D eigenvalue weighted by atomic mass is 16.5. The molecule has 1 aliphatic rings. The van der Waals surface area contributed by atoms with E-state index in [4.69, 9.17) is 4.74 Å². The van der Waals surface area contributed by atoms with E-state index in [0.717, 1.165) is 12.5 Å². The van der Waals surface area contributed by atoms with Gasteiger partial charge in [0.15, 0.2) is 0 Å². The number of hydrogen-bond donors (Lipinski definition) is 1. The van der Waals surface area contributed by atoms with Crippen LogP contribution >= 0.6 is 0 Å². The Kier molecular flexibility index (Phi) is 5.58. The molecule has 0 saturated carbocycles. The van der Waals surface area contributed by atoms with Crippen molar-refractivity contribution in [1.82, 2.24) is 10.2 Å². The van der Waals surface area contributed by atoms with Gasteiger partial charge in [0, 0.05) is 26.2 Å². The molecule has 3 nitrogen and oxygen atoms in total. The Morgan fingerprint density at radius 1 is 1.47 bits per heavy atom. The van der Waals surface area contributed by atoms with Gasteiger partial charge in [-0.15, -0.1) is 0 Å². The Morgan fingerprint density at radius 3 is 2.80 bits per heavy atom. The molecule has 0 radical (unpaired) electrons. The number of methoxy groups -OCH3 is 1. The van der Waals surface area contributed by atoms with Crippen molar-refractivity contribution in [3.8, 4) is 0 Å². The molecule has 3 heteroatoms. The van der Waals surface area contributed by atoms with Crippen LogP contribution in [0.15, 0.2) is 0 Å². The van der Waals surface area contributed by atoms with E-state index in [1.165, 1.54) is 25.9 Å². The molecule has 1 aliphatic heterocycles. The highest BCUT2D eigenvalue weighted by Crippen LogP contribution is 2.18. The van der Waals surface area contributed by atoms with Crippen LogP contribution in [0.25, 0.3) is 0 Å². The summed E-state index contributed by atoms with van der Waals surface area (Å²) >= 11 is 0. The first kappa shape index (κ1) is 12.9. The topological polar surface area (TPSA) is 24.5 Å². The van der Waals surface area contributed by atoms with Gasteiger partial charge in [0.2, 0.25) is 0 Å². The molecule has 1 fully saturated rings. The van der Waals surface area contributed by atoms with Gasteiger partial charge >= 0.3 is 0 Å². The molecule has 0 amide bonds. The van der Waals surface area contributed by atoms with Crippen LogP contribution in [0.3, 0.4) is 0 Å². The Morgan fingerprint density at radius 2 is 2.20 bits per heavy atom. The summed E-state index contributed by atoms with van der Waals surface area (Å²) in [5, 5.41) is 3.57. The van der Waals surface area contributed by atoms with Crippen molar-refractivity contribution < 1.29 is 4.74 Å². The summed E-state index contributed by atoms with van der Waals surface area (Å²) in [5.41, 5.74) is 0. The summed E-state index contributed by atoms with van der Waals surface area (Å²) in [6.45, 7) is 7.85. The van der Waals surface area contributed by atoms with Gasteiger partial charge in [-0.2, -0.15) is 0 Å². The van der Waals surface area contributed by atoms with E-state index in [1.54, 1.807) is 7.11 Å². The SMILES string of the molecule is COC(C)CNC(C)C1CCCN(C)C1. The second-order valence-electron chi connectivity index (χ2n) is 4.91. The molecule has 0 aromatic heterocycles. The highest BCUT2D eigenvalue weighted by Gasteiger charge is 2.22. The lowest BCUT2D eigenvalue weighted by atomic mass is 9.92. The van der Waals surface area contributed by atoms with Crippen molar-refractivity contribution >= 4 is 0 Å². The lowest BCUT2D eigenvalue weighted by molar-refractivity contribution is 0.106. The molecule has 90 valence electrons. The zero-order chi connectivity index (χ0) is 11.3. The third kappa shape index (κ3) is 4.49. The van der Waals surface area contributed by atoms with Gasteiger partial charge in [0.25, 0.3) is 0 Å². The molecule has 3 unspecified atom stereocenters. The van der Waals surface area contributed by atoms with E-state index >= 15 is 0 Å². The Hall–Kier alpha value is -0.120. The number of nitrogens with zero attached hydrogens (tertiary/aromatic N) is 1. The van der Waals surface area contributed by atoms with E-state index < -0.39 is 0 Å². The standard InChI is InChI=1S/C12H26N2O/c1-10(15-4)8-13-11(2)12-6-5-7-14(3)9-12/h10-13H,5-9H2,1-4H3. The predicted octanol–water partition coefficient (Wildman–Crippen LogP) is 1.34. The van der Waals surface area contributed by atoms with Crippen LogP contribution in [0, 0.1) is 5.92 Å². The molecule has 0 bridgehead atoms. The minimum absolute atomic E-state index is 0.314. The Bertz CT molecular complexity index is 175. The number of piperidine rings is 1. The minimum atomic E-state index is 0.314. The van der Waals surface area contributed by atoms with E-state index in [9.17, 15) is 0 Å². The molecular formula is C12H26N2O. The Labute approximate surface area is 94.2 Å². The maximum atomic E-state index is 5.24. The van der Waals surface area contributed by atoms with Gasteiger partial charge in [0.05, 0.1) is 6.10 Å². The third-order valence-corrected chi connectivity index (χ3v) is 3.50. The van der Waals surface area contributed by atoms with Crippen LogP contribution in [-0.2, 0) is 4.74 Å². The molecule has 15 heavy (non-hydrogen) atoms. The lowest BCUT2D eigenvalue weighted by Crippen LogP contribution is -2.44. The number of nitrogens with one attached hydrogen (secondary N) is 1. The van der Waals surface area contributed by atoms with Gasteiger partial charge in [-0.1, -0.05) is 0 Å². The molecule has 1 N–H and O–H groups in total. The normalized spacial score (nSPS) is 27.6. The molecule has 1 heterocycles. The summed E-state index contributed by atoms with van der Waals surface area (Å²) in [4.78, 5) is 2.44. The van der Waals surface area contributed by atoms with Crippen molar-refractivity contribution in [3.05, 3.63) is 0 Å². The molecule has 0 spiro atoms. The maximum Gasteiger partial charge on any atom is 0.0667 e. The first-order chi connectivity index (χ1) is 7.13. The fraction of sp³-hybridized carbons (Fsp3) is 1.00. The van der Waals surface area contributed by atoms with Gasteiger partial charge in [-0.25, -0.2) is 0 Å². The fourth-order valence-electron chi connectivity index (χ4n) is 2.22. The largest absolute Gasteiger partial charge is 0.380 e. The summed E-state index contributed by atoms with van der Waals surface area (Å²) in [6, 6.07) is 0.602. The Balaban J connectivity index is 2.23. The molecule has 0 aromatic rings. The van der Waals surface area contributed by atoms with E-state index in [0.29, 0.717) is 12.1 Å². The minimum Gasteiger partial charge on any atom is -0.380 e.